The number of ether oxygens (including phenoxy) is 1. The second-order valence-corrected chi connectivity index (χ2v) is 3.39. The third kappa shape index (κ3) is 3.79. The van der Waals surface area contributed by atoms with Gasteiger partial charge in [-0.05, 0) is 12.5 Å². The first kappa shape index (κ1) is 11.1. The summed E-state index contributed by atoms with van der Waals surface area (Å²) in [5.74, 6) is 0.322. The van der Waals surface area contributed by atoms with Crippen LogP contribution in [0.2, 0.25) is 0 Å². The van der Waals surface area contributed by atoms with E-state index in [2.05, 4.69) is 6.92 Å². The van der Waals surface area contributed by atoms with Crippen molar-refractivity contribution in [1.29, 1.82) is 0 Å². The Labute approximate surface area is 85.5 Å². The lowest BCUT2D eigenvalue weighted by Gasteiger charge is -2.05. The van der Waals surface area contributed by atoms with Gasteiger partial charge in [-0.3, -0.25) is 0 Å². The number of phenols is 1. The summed E-state index contributed by atoms with van der Waals surface area (Å²) >= 11 is 0. The summed E-state index contributed by atoms with van der Waals surface area (Å²) in [5.41, 5.74) is 0.865. The molecule has 1 aromatic rings. The smallest absolute Gasteiger partial charge is 0.121 e. The highest BCUT2D eigenvalue weighted by atomic mass is 16.5. The Morgan fingerprint density at radius 2 is 2.00 bits per heavy atom. The van der Waals surface area contributed by atoms with Gasteiger partial charge in [-0.15, -0.1) is 0 Å². The van der Waals surface area contributed by atoms with Crippen molar-refractivity contribution in [3.05, 3.63) is 29.8 Å². The van der Waals surface area contributed by atoms with E-state index in [1.165, 1.54) is 12.8 Å². The Balaban J connectivity index is 2.21. The summed E-state index contributed by atoms with van der Waals surface area (Å²) in [7, 11) is 0. The van der Waals surface area contributed by atoms with Gasteiger partial charge in [-0.2, -0.15) is 0 Å². The van der Waals surface area contributed by atoms with Crippen molar-refractivity contribution in [2.45, 2.75) is 32.8 Å². The number of phenolic OH excluding ortho intramolecular Hbond substituents is 1. The van der Waals surface area contributed by atoms with Gasteiger partial charge in [-0.1, -0.05) is 38.0 Å². The standard InChI is InChI=1S/C12H18O2/c1-2-3-6-9-14-10-11-7-4-5-8-12(11)13/h4-5,7-8,13H,2-3,6,9-10H2,1H3. The quantitative estimate of drug-likeness (QED) is 0.705. The van der Waals surface area contributed by atoms with E-state index in [0.717, 1.165) is 18.6 Å². The fraction of sp³-hybridized carbons (Fsp3) is 0.500. The monoisotopic (exact) mass is 194 g/mol. The topological polar surface area (TPSA) is 29.5 Å². The van der Waals surface area contributed by atoms with Gasteiger partial charge in [0.15, 0.2) is 0 Å². The molecule has 0 saturated carbocycles. The molecule has 0 atom stereocenters. The average Bonchev–Trinajstić information content (AvgIpc) is 2.20. The van der Waals surface area contributed by atoms with E-state index in [-0.39, 0.29) is 0 Å². The minimum atomic E-state index is 0.322. The predicted octanol–water partition coefficient (Wildman–Crippen LogP) is 3.10. The number of hydrogen-bond acceptors (Lipinski definition) is 2. The highest BCUT2D eigenvalue weighted by Gasteiger charge is 1.98. The third-order valence-corrected chi connectivity index (χ3v) is 2.14. The highest BCUT2D eigenvalue weighted by Crippen LogP contribution is 2.16. The van der Waals surface area contributed by atoms with Gasteiger partial charge < -0.3 is 9.84 Å². The lowest BCUT2D eigenvalue weighted by Crippen LogP contribution is -1.95. The lowest BCUT2D eigenvalue weighted by atomic mass is 10.2. The fourth-order valence-electron chi connectivity index (χ4n) is 1.27. The molecule has 0 fully saturated rings. The van der Waals surface area contributed by atoms with Crippen LogP contribution in [-0.4, -0.2) is 11.7 Å². The molecule has 0 unspecified atom stereocenters. The molecule has 0 radical (unpaired) electrons. The second kappa shape index (κ2) is 6.44. The Morgan fingerprint density at radius 3 is 2.71 bits per heavy atom. The highest BCUT2D eigenvalue weighted by molar-refractivity contribution is 5.30. The zero-order chi connectivity index (χ0) is 10.2. The first-order valence-corrected chi connectivity index (χ1v) is 5.19. The third-order valence-electron chi connectivity index (χ3n) is 2.14. The minimum Gasteiger partial charge on any atom is -0.508 e. The maximum Gasteiger partial charge on any atom is 0.121 e. The van der Waals surface area contributed by atoms with Gasteiger partial charge in [0.25, 0.3) is 0 Å². The molecule has 0 aromatic heterocycles. The van der Waals surface area contributed by atoms with Crippen LogP contribution in [0.1, 0.15) is 31.7 Å². The van der Waals surface area contributed by atoms with E-state index in [4.69, 9.17) is 4.74 Å². The van der Waals surface area contributed by atoms with E-state index < -0.39 is 0 Å². The molecule has 0 spiro atoms. The van der Waals surface area contributed by atoms with Gasteiger partial charge in [-0.25, -0.2) is 0 Å². The van der Waals surface area contributed by atoms with Crippen molar-refractivity contribution in [1.82, 2.24) is 0 Å². The maximum atomic E-state index is 9.43. The van der Waals surface area contributed by atoms with Gasteiger partial charge in [0.1, 0.15) is 5.75 Å². The number of para-hydroxylation sites is 1. The van der Waals surface area contributed by atoms with Crippen molar-refractivity contribution in [2.24, 2.45) is 0 Å². The summed E-state index contributed by atoms with van der Waals surface area (Å²) in [6.07, 6.45) is 3.52. The van der Waals surface area contributed by atoms with Crippen LogP contribution in [0.15, 0.2) is 24.3 Å². The molecule has 0 bridgehead atoms. The minimum absolute atomic E-state index is 0.322. The van der Waals surface area contributed by atoms with Crippen LogP contribution in [0.4, 0.5) is 0 Å². The molecule has 0 amide bonds. The van der Waals surface area contributed by atoms with Crippen LogP contribution in [0.25, 0.3) is 0 Å². The molecule has 2 heteroatoms. The van der Waals surface area contributed by atoms with Crippen LogP contribution < -0.4 is 0 Å². The Bertz CT molecular complexity index is 258. The van der Waals surface area contributed by atoms with Crippen LogP contribution in [0.3, 0.4) is 0 Å². The fourth-order valence-corrected chi connectivity index (χ4v) is 1.27. The van der Waals surface area contributed by atoms with Crippen molar-refractivity contribution >= 4 is 0 Å². The lowest BCUT2D eigenvalue weighted by molar-refractivity contribution is 0.115. The van der Waals surface area contributed by atoms with Gasteiger partial charge in [0.05, 0.1) is 6.61 Å². The molecule has 14 heavy (non-hydrogen) atoms. The molecule has 0 aliphatic carbocycles. The van der Waals surface area contributed by atoms with Crippen molar-refractivity contribution < 1.29 is 9.84 Å². The first-order valence-electron chi connectivity index (χ1n) is 5.19. The number of aromatic hydroxyl groups is 1. The van der Waals surface area contributed by atoms with E-state index >= 15 is 0 Å². The van der Waals surface area contributed by atoms with E-state index in [1.807, 2.05) is 18.2 Å². The molecule has 1 N–H and O–H groups in total. The van der Waals surface area contributed by atoms with Gasteiger partial charge in [0.2, 0.25) is 0 Å². The number of unbranched alkanes of at least 4 members (excludes halogenated alkanes) is 2. The van der Waals surface area contributed by atoms with Crippen molar-refractivity contribution in [3.63, 3.8) is 0 Å². The molecule has 78 valence electrons. The van der Waals surface area contributed by atoms with Crippen molar-refractivity contribution in [2.75, 3.05) is 6.61 Å². The van der Waals surface area contributed by atoms with E-state index in [1.54, 1.807) is 6.07 Å². The average molecular weight is 194 g/mol. The summed E-state index contributed by atoms with van der Waals surface area (Å²) in [5, 5.41) is 9.43. The van der Waals surface area contributed by atoms with E-state index in [9.17, 15) is 5.11 Å². The molecular weight excluding hydrogens is 176 g/mol. The molecule has 1 aromatic carbocycles. The summed E-state index contributed by atoms with van der Waals surface area (Å²) in [6.45, 7) is 3.46. The van der Waals surface area contributed by atoms with Crippen LogP contribution >= 0.6 is 0 Å². The summed E-state index contributed by atoms with van der Waals surface area (Å²) in [6, 6.07) is 7.29. The molecular formula is C12H18O2. The van der Waals surface area contributed by atoms with Crippen LogP contribution in [0, 0.1) is 0 Å². The molecule has 0 heterocycles. The Morgan fingerprint density at radius 1 is 1.21 bits per heavy atom. The van der Waals surface area contributed by atoms with E-state index in [0.29, 0.717) is 12.4 Å². The molecule has 2 nitrogen and oxygen atoms in total. The SMILES string of the molecule is CCCCCOCc1ccccc1O. The second-order valence-electron chi connectivity index (χ2n) is 3.39. The van der Waals surface area contributed by atoms with Crippen molar-refractivity contribution in [3.8, 4) is 5.75 Å². The van der Waals surface area contributed by atoms with Gasteiger partial charge >= 0.3 is 0 Å². The van der Waals surface area contributed by atoms with Crippen LogP contribution in [0.5, 0.6) is 5.75 Å². The summed E-state index contributed by atoms with van der Waals surface area (Å²) in [4.78, 5) is 0. The van der Waals surface area contributed by atoms with Gasteiger partial charge in [0, 0.05) is 12.2 Å². The Kier molecular flexibility index (Phi) is 5.08. The Hall–Kier alpha value is -1.02. The largest absolute Gasteiger partial charge is 0.508 e. The van der Waals surface area contributed by atoms with Crippen LogP contribution in [-0.2, 0) is 11.3 Å². The molecule has 1 rings (SSSR count). The number of rotatable bonds is 6. The number of benzene rings is 1. The molecule has 0 saturated heterocycles. The summed E-state index contributed by atoms with van der Waals surface area (Å²) < 4.78 is 5.44. The zero-order valence-electron chi connectivity index (χ0n) is 8.70. The molecule has 0 aliphatic heterocycles. The predicted molar refractivity (Wildman–Crippen MR) is 57.3 cm³/mol. The number of hydrogen-bond donors (Lipinski definition) is 1. The first-order chi connectivity index (χ1) is 6.84. The maximum absolute atomic E-state index is 9.43. The molecule has 0 aliphatic rings. The zero-order valence-corrected chi connectivity index (χ0v) is 8.70. The normalized spacial score (nSPS) is 10.4.